The first-order valence-corrected chi connectivity index (χ1v) is 7.70. The lowest BCUT2D eigenvalue weighted by Gasteiger charge is -2.32. The summed E-state index contributed by atoms with van der Waals surface area (Å²) >= 11 is 3.42. The van der Waals surface area contributed by atoms with Gasteiger partial charge in [-0.15, -0.1) is 0 Å². The van der Waals surface area contributed by atoms with Crippen molar-refractivity contribution in [3.8, 4) is 0 Å². The Morgan fingerprint density at radius 3 is 2.84 bits per heavy atom. The summed E-state index contributed by atoms with van der Waals surface area (Å²) in [4.78, 5) is 14.7. The number of rotatable bonds is 4. The maximum atomic E-state index is 12.7. The van der Waals surface area contributed by atoms with Crippen molar-refractivity contribution in [2.45, 2.75) is 32.2 Å². The first-order valence-electron chi connectivity index (χ1n) is 6.91. The molecule has 1 aromatic rings. The van der Waals surface area contributed by atoms with Gasteiger partial charge in [-0.25, -0.2) is 0 Å². The molecule has 0 aliphatic heterocycles. The normalized spacial score (nSPS) is 22.7. The van der Waals surface area contributed by atoms with E-state index in [9.17, 15) is 4.79 Å². The fourth-order valence-electron chi connectivity index (χ4n) is 3.12. The molecule has 2 unspecified atom stereocenters. The van der Waals surface area contributed by atoms with E-state index < -0.39 is 0 Å². The topological polar surface area (TPSA) is 51.3 Å². The maximum absolute atomic E-state index is 12.7. The molecule has 1 aromatic heterocycles. The maximum Gasteiger partial charge on any atom is 0.270 e. The Labute approximate surface area is 123 Å². The van der Waals surface area contributed by atoms with Gasteiger partial charge >= 0.3 is 0 Å². The zero-order valence-electron chi connectivity index (χ0n) is 11.6. The molecule has 1 saturated carbocycles. The van der Waals surface area contributed by atoms with Crippen molar-refractivity contribution in [1.29, 1.82) is 0 Å². The monoisotopic (exact) mass is 327 g/mol. The number of hydrogen-bond acceptors (Lipinski definition) is 2. The second kappa shape index (κ2) is 6.09. The minimum Gasteiger partial charge on any atom is -0.345 e. The van der Waals surface area contributed by atoms with Gasteiger partial charge in [-0.2, -0.15) is 0 Å². The molecule has 5 heteroatoms. The highest BCUT2D eigenvalue weighted by molar-refractivity contribution is 9.10. The van der Waals surface area contributed by atoms with Crippen LogP contribution in [0, 0.1) is 5.92 Å². The van der Waals surface area contributed by atoms with E-state index in [0.717, 1.165) is 29.6 Å². The molecule has 2 N–H and O–H groups in total. The van der Waals surface area contributed by atoms with E-state index in [0.29, 0.717) is 18.5 Å². The predicted octanol–water partition coefficient (Wildman–Crippen LogP) is 2.38. The summed E-state index contributed by atoms with van der Waals surface area (Å²) in [7, 11) is 1.90. The summed E-state index contributed by atoms with van der Waals surface area (Å²) in [6.07, 6.45) is 5.30. The van der Waals surface area contributed by atoms with Crippen LogP contribution in [0.15, 0.2) is 16.7 Å². The summed E-state index contributed by atoms with van der Waals surface area (Å²) in [6, 6.07) is 2.19. The predicted molar refractivity (Wildman–Crippen MR) is 80.0 cm³/mol. The van der Waals surface area contributed by atoms with E-state index in [1.165, 1.54) is 6.42 Å². The second-order valence-corrected chi connectivity index (χ2v) is 6.16. The van der Waals surface area contributed by atoms with E-state index >= 15 is 0 Å². The average molecular weight is 328 g/mol. The summed E-state index contributed by atoms with van der Waals surface area (Å²) in [5.41, 5.74) is 6.57. The van der Waals surface area contributed by atoms with E-state index in [-0.39, 0.29) is 5.91 Å². The van der Waals surface area contributed by atoms with Gasteiger partial charge < -0.3 is 15.2 Å². The van der Waals surface area contributed by atoms with Crippen molar-refractivity contribution in [3.05, 3.63) is 22.4 Å². The van der Waals surface area contributed by atoms with Gasteiger partial charge in [0.25, 0.3) is 5.91 Å². The van der Waals surface area contributed by atoms with E-state index in [4.69, 9.17) is 5.73 Å². The SMILES string of the molecule is CCN(C(=O)c1cc(Br)cn1C)C1CCCC1CN. The molecular weight excluding hydrogens is 306 g/mol. The van der Waals surface area contributed by atoms with Gasteiger partial charge in [-0.05, 0) is 54.2 Å². The second-order valence-electron chi connectivity index (χ2n) is 5.24. The Balaban J connectivity index is 2.22. The van der Waals surface area contributed by atoms with Gasteiger partial charge in [0.2, 0.25) is 0 Å². The van der Waals surface area contributed by atoms with Crippen LogP contribution >= 0.6 is 15.9 Å². The van der Waals surface area contributed by atoms with Crippen molar-refractivity contribution in [2.75, 3.05) is 13.1 Å². The Bertz CT molecular complexity index is 458. The van der Waals surface area contributed by atoms with Crippen molar-refractivity contribution in [3.63, 3.8) is 0 Å². The first-order chi connectivity index (χ1) is 9.08. The van der Waals surface area contributed by atoms with Gasteiger partial charge in [-0.3, -0.25) is 4.79 Å². The standard InChI is InChI=1S/C14H22BrN3O/c1-3-18(12-6-4-5-10(12)8-16)14(19)13-7-11(15)9-17(13)2/h7,9-10,12H,3-6,8,16H2,1-2H3. The largest absolute Gasteiger partial charge is 0.345 e. The van der Waals surface area contributed by atoms with Gasteiger partial charge in [0.1, 0.15) is 5.69 Å². The van der Waals surface area contributed by atoms with Crippen LogP contribution < -0.4 is 5.73 Å². The van der Waals surface area contributed by atoms with E-state index in [1.54, 1.807) is 0 Å². The molecule has 19 heavy (non-hydrogen) atoms. The molecule has 106 valence electrons. The lowest BCUT2D eigenvalue weighted by atomic mass is 10.0. The van der Waals surface area contributed by atoms with Crippen molar-refractivity contribution in [1.82, 2.24) is 9.47 Å². The number of carbonyl (C=O) groups excluding carboxylic acids is 1. The lowest BCUT2D eigenvalue weighted by Crippen LogP contribution is -2.44. The molecule has 4 nitrogen and oxygen atoms in total. The van der Waals surface area contributed by atoms with Gasteiger partial charge in [-0.1, -0.05) is 6.42 Å². The van der Waals surface area contributed by atoms with Crippen LogP contribution in [0.5, 0.6) is 0 Å². The molecule has 2 rings (SSSR count). The molecule has 0 spiro atoms. The zero-order chi connectivity index (χ0) is 14.0. The average Bonchev–Trinajstić information content (AvgIpc) is 2.96. The Morgan fingerprint density at radius 2 is 2.32 bits per heavy atom. The van der Waals surface area contributed by atoms with Crippen LogP contribution in [-0.4, -0.2) is 34.5 Å². The lowest BCUT2D eigenvalue weighted by molar-refractivity contribution is 0.0642. The summed E-state index contributed by atoms with van der Waals surface area (Å²) < 4.78 is 2.82. The van der Waals surface area contributed by atoms with Crippen LogP contribution in [0.3, 0.4) is 0 Å². The Kier molecular flexibility index (Phi) is 4.68. The van der Waals surface area contributed by atoms with Gasteiger partial charge in [0.05, 0.1) is 0 Å². The highest BCUT2D eigenvalue weighted by atomic mass is 79.9. The highest BCUT2D eigenvalue weighted by Gasteiger charge is 2.34. The number of amides is 1. The molecule has 0 radical (unpaired) electrons. The van der Waals surface area contributed by atoms with Crippen molar-refractivity contribution in [2.24, 2.45) is 18.7 Å². The summed E-state index contributed by atoms with van der Waals surface area (Å²) in [5.74, 6) is 0.564. The number of aryl methyl sites for hydroxylation is 1. The third-order valence-electron chi connectivity index (χ3n) is 4.11. The molecule has 0 bridgehead atoms. The van der Waals surface area contributed by atoms with Crippen LogP contribution in [0.1, 0.15) is 36.7 Å². The van der Waals surface area contributed by atoms with E-state index in [2.05, 4.69) is 15.9 Å². The minimum absolute atomic E-state index is 0.112. The molecule has 0 aromatic carbocycles. The smallest absolute Gasteiger partial charge is 0.270 e. The van der Waals surface area contributed by atoms with Gasteiger partial charge in [0.15, 0.2) is 0 Å². The number of nitrogens with zero attached hydrogens (tertiary/aromatic N) is 2. The fraction of sp³-hybridized carbons (Fsp3) is 0.643. The molecule has 2 atom stereocenters. The molecule has 1 aliphatic rings. The highest BCUT2D eigenvalue weighted by Crippen LogP contribution is 2.30. The number of nitrogens with two attached hydrogens (primary N) is 1. The zero-order valence-corrected chi connectivity index (χ0v) is 13.2. The van der Waals surface area contributed by atoms with Crippen LogP contribution in [0.25, 0.3) is 0 Å². The number of aromatic nitrogens is 1. The third-order valence-corrected chi connectivity index (χ3v) is 4.55. The number of halogens is 1. The summed E-state index contributed by atoms with van der Waals surface area (Å²) in [6.45, 7) is 3.45. The van der Waals surface area contributed by atoms with Crippen molar-refractivity contribution < 1.29 is 4.79 Å². The van der Waals surface area contributed by atoms with Crippen LogP contribution in [0.4, 0.5) is 0 Å². The first kappa shape index (κ1) is 14.6. The Hall–Kier alpha value is -0.810. The molecule has 1 aliphatic carbocycles. The molecule has 1 amide bonds. The summed E-state index contributed by atoms with van der Waals surface area (Å²) in [5, 5.41) is 0. The molecule has 0 saturated heterocycles. The third kappa shape index (κ3) is 2.87. The molecular formula is C14H22BrN3O. The number of hydrogen-bond donors (Lipinski definition) is 1. The van der Waals surface area contributed by atoms with Gasteiger partial charge in [0, 0.05) is 30.3 Å². The number of carbonyl (C=O) groups is 1. The molecule has 1 heterocycles. The quantitative estimate of drug-likeness (QED) is 0.923. The van der Waals surface area contributed by atoms with Crippen LogP contribution in [-0.2, 0) is 7.05 Å². The molecule has 1 fully saturated rings. The minimum atomic E-state index is 0.112. The van der Waals surface area contributed by atoms with Crippen LogP contribution in [0.2, 0.25) is 0 Å². The van der Waals surface area contributed by atoms with E-state index in [1.807, 2.05) is 35.7 Å². The Morgan fingerprint density at radius 1 is 1.58 bits per heavy atom. The fourth-order valence-corrected chi connectivity index (χ4v) is 3.64. The van der Waals surface area contributed by atoms with Crippen molar-refractivity contribution >= 4 is 21.8 Å².